The van der Waals surface area contributed by atoms with E-state index in [1.165, 1.54) is 24.3 Å². The Morgan fingerprint density at radius 3 is 2.72 bits per heavy atom. The summed E-state index contributed by atoms with van der Waals surface area (Å²) in [6.07, 6.45) is 1.03. The zero-order chi connectivity index (χ0) is 13.1. The van der Waals surface area contributed by atoms with Gasteiger partial charge in [-0.15, -0.1) is 0 Å². The topological polar surface area (TPSA) is 48.1 Å². The lowest BCUT2D eigenvalue weighted by Gasteiger charge is -2.11. The van der Waals surface area contributed by atoms with Crippen molar-refractivity contribution in [1.29, 1.82) is 0 Å². The standard InChI is InChI=1S/C13H12F2N2O/c1-2-18-12-5-8(14)3-4-9(12)10-6-13(16)17-7-11(10)15/h3-7H,2H2,1H3,(H2,16,17). The fraction of sp³-hybridized carbons (Fsp3) is 0.154. The second-order valence-electron chi connectivity index (χ2n) is 3.66. The number of hydrogen-bond donors (Lipinski definition) is 1. The first-order valence-corrected chi connectivity index (χ1v) is 5.45. The molecule has 2 N–H and O–H groups in total. The fourth-order valence-corrected chi connectivity index (χ4v) is 1.65. The van der Waals surface area contributed by atoms with Crippen LogP contribution >= 0.6 is 0 Å². The molecule has 3 nitrogen and oxygen atoms in total. The fourth-order valence-electron chi connectivity index (χ4n) is 1.65. The summed E-state index contributed by atoms with van der Waals surface area (Å²) in [5, 5.41) is 0. The van der Waals surface area contributed by atoms with Gasteiger partial charge in [0.15, 0.2) is 0 Å². The van der Waals surface area contributed by atoms with Gasteiger partial charge in [0, 0.05) is 17.2 Å². The Kier molecular flexibility index (Phi) is 3.41. The molecule has 0 atom stereocenters. The maximum absolute atomic E-state index is 13.7. The first-order valence-electron chi connectivity index (χ1n) is 5.45. The second kappa shape index (κ2) is 5.00. The Morgan fingerprint density at radius 1 is 1.22 bits per heavy atom. The van der Waals surface area contributed by atoms with Crippen LogP contribution in [0, 0.1) is 11.6 Å². The molecule has 1 aromatic carbocycles. The van der Waals surface area contributed by atoms with Crippen molar-refractivity contribution in [3.05, 3.63) is 42.1 Å². The third-order valence-corrected chi connectivity index (χ3v) is 2.41. The number of nitrogen functional groups attached to an aromatic ring is 1. The van der Waals surface area contributed by atoms with E-state index in [4.69, 9.17) is 10.5 Å². The maximum Gasteiger partial charge on any atom is 0.149 e. The van der Waals surface area contributed by atoms with E-state index in [1.54, 1.807) is 6.92 Å². The Morgan fingerprint density at radius 2 is 2.00 bits per heavy atom. The van der Waals surface area contributed by atoms with Gasteiger partial charge in [-0.2, -0.15) is 0 Å². The highest BCUT2D eigenvalue weighted by Gasteiger charge is 2.12. The Balaban J connectivity index is 2.58. The monoisotopic (exact) mass is 250 g/mol. The van der Waals surface area contributed by atoms with Crippen molar-refractivity contribution < 1.29 is 13.5 Å². The van der Waals surface area contributed by atoms with Gasteiger partial charge in [0.2, 0.25) is 0 Å². The van der Waals surface area contributed by atoms with E-state index in [0.717, 1.165) is 6.20 Å². The molecule has 0 aliphatic heterocycles. The van der Waals surface area contributed by atoms with Crippen molar-refractivity contribution in [1.82, 2.24) is 4.98 Å². The molecule has 1 aromatic heterocycles. The van der Waals surface area contributed by atoms with E-state index in [1.807, 2.05) is 0 Å². The van der Waals surface area contributed by atoms with Crippen molar-refractivity contribution in [3.63, 3.8) is 0 Å². The number of anilines is 1. The molecule has 0 radical (unpaired) electrons. The summed E-state index contributed by atoms with van der Waals surface area (Å²) < 4.78 is 32.2. The Labute approximate surface area is 103 Å². The molecule has 18 heavy (non-hydrogen) atoms. The molecule has 0 saturated heterocycles. The summed E-state index contributed by atoms with van der Waals surface area (Å²) >= 11 is 0. The van der Waals surface area contributed by atoms with E-state index in [2.05, 4.69) is 4.98 Å². The minimum absolute atomic E-state index is 0.193. The van der Waals surface area contributed by atoms with Crippen LogP contribution in [0.2, 0.25) is 0 Å². The summed E-state index contributed by atoms with van der Waals surface area (Å²) in [5.41, 5.74) is 6.22. The number of hydrogen-bond acceptors (Lipinski definition) is 3. The van der Waals surface area contributed by atoms with Gasteiger partial charge < -0.3 is 10.5 Å². The number of pyridine rings is 1. The smallest absolute Gasteiger partial charge is 0.149 e. The minimum Gasteiger partial charge on any atom is -0.493 e. The Bertz CT molecular complexity index is 573. The van der Waals surface area contributed by atoms with E-state index in [-0.39, 0.29) is 17.1 Å². The molecule has 5 heteroatoms. The number of halogens is 2. The van der Waals surface area contributed by atoms with Gasteiger partial charge in [-0.1, -0.05) is 0 Å². The van der Waals surface area contributed by atoms with Gasteiger partial charge in [-0.3, -0.25) is 0 Å². The van der Waals surface area contributed by atoms with Gasteiger partial charge >= 0.3 is 0 Å². The largest absolute Gasteiger partial charge is 0.493 e. The molecule has 94 valence electrons. The van der Waals surface area contributed by atoms with Crippen LogP contribution in [0.4, 0.5) is 14.6 Å². The molecule has 2 aromatic rings. The number of ether oxygens (including phenoxy) is 1. The molecule has 0 fully saturated rings. The summed E-state index contributed by atoms with van der Waals surface area (Å²) in [6, 6.07) is 5.31. The van der Waals surface area contributed by atoms with Crippen molar-refractivity contribution >= 4 is 5.82 Å². The summed E-state index contributed by atoms with van der Waals surface area (Å²) in [6.45, 7) is 2.13. The molecule has 0 saturated carbocycles. The van der Waals surface area contributed by atoms with Crippen molar-refractivity contribution in [2.75, 3.05) is 12.3 Å². The predicted octanol–water partition coefficient (Wildman–Crippen LogP) is 3.01. The van der Waals surface area contributed by atoms with Crippen molar-refractivity contribution in [2.24, 2.45) is 0 Å². The van der Waals surface area contributed by atoms with Crippen LogP contribution in [0.1, 0.15) is 6.92 Å². The number of nitrogens with zero attached hydrogens (tertiary/aromatic N) is 1. The lowest BCUT2D eigenvalue weighted by atomic mass is 10.1. The predicted molar refractivity (Wildman–Crippen MR) is 65.2 cm³/mol. The molecule has 0 aliphatic rings. The van der Waals surface area contributed by atoms with Crippen LogP contribution in [0.25, 0.3) is 11.1 Å². The third-order valence-electron chi connectivity index (χ3n) is 2.41. The third kappa shape index (κ3) is 2.40. The van der Waals surface area contributed by atoms with E-state index >= 15 is 0 Å². The molecular weight excluding hydrogens is 238 g/mol. The van der Waals surface area contributed by atoms with Crippen molar-refractivity contribution in [3.8, 4) is 16.9 Å². The van der Waals surface area contributed by atoms with Crippen LogP contribution in [-0.4, -0.2) is 11.6 Å². The first-order chi connectivity index (χ1) is 8.61. The number of nitrogens with two attached hydrogens (primary N) is 1. The molecule has 2 rings (SSSR count). The highest BCUT2D eigenvalue weighted by atomic mass is 19.1. The van der Waals surface area contributed by atoms with Gasteiger partial charge in [-0.25, -0.2) is 13.8 Å². The summed E-state index contributed by atoms with van der Waals surface area (Å²) in [7, 11) is 0. The summed E-state index contributed by atoms with van der Waals surface area (Å²) in [5.74, 6) is -0.499. The summed E-state index contributed by atoms with van der Waals surface area (Å²) in [4.78, 5) is 3.65. The van der Waals surface area contributed by atoms with E-state index < -0.39 is 11.6 Å². The highest BCUT2D eigenvalue weighted by Crippen LogP contribution is 2.33. The lowest BCUT2D eigenvalue weighted by molar-refractivity contribution is 0.339. The number of aromatic nitrogens is 1. The van der Waals surface area contributed by atoms with Crippen LogP contribution in [0.3, 0.4) is 0 Å². The van der Waals surface area contributed by atoms with Gasteiger partial charge in [0.25, 0.3) is 0 Å². The minimum atomic E-state index is -0.531. The van der Waals surface area contributed by atoms with Gasteiger partial charge in [0.1, 0.15) is 23.2 Å². The SMILES string of the molecule is CCOc1cc(F)ccc1-c1cc(N)ncc1F. The number of benzene rings is 1. The molecular formula is C13H12F2N2O. The second-order valence-corrected chi connectivity index (χ2v) is 3.66. The van der Waals surface area contributed by atoms with Crippen LogP contribution in [-0.2, 0) is 0 Å². The first kappa shape index (κ1) is 12.3. The average molecular weight is 250 g/mol. The molecule has 1 heterocycles. The van der Waals surface area contributed by atoms with E-state index in [9.17, 15) is 8.78 Å². The van der Waals surface area contributed by atoms with Gasteiger partial charge in [0.05, 0.1) is 12.8 Å². The Hall–Kier alpha value is -2.17. The molecule has 0 spiro atoms. The molecule has 0 bridgehead atoms. The normalized spacial score (nSPS) is 10.4. The average Bonchev–Trinajstić information content (AvgIpc) is 2.33. The van der Waals surface area contributed by atoms with Crippen LogP contribution < -0.4 is 10.5 Å². The zero-order valence-electron chi connectivity index (χ0n) is 9.78. The quantitative estimate of drug-likeness (QED) is 0.910. The highest BCUT2D eigenvalue weighted by molar-refractivity contribution is 5.72. The van der Waals surface area contributed by atoms with Crippen LogP contribution in [0.15, 0.2) is 30.5 Å². The maximum atomic E-state index is 13.7. The zero-order valence-corrected chi connectivity index (χ0v) is 9.78. The lowest BCUT2D eigenvalue weighted by Crippen LogP contribution is -1.98. The van der Waals surface area contributed by atoms with E-state index in [0.29, 0.717) is 12.2 Å². The molecule has 0 unspecified atom stereocenters. The van der Waals surface area contributed by atoms with Crippen molar-refractivity contribution in [2.45, 2.75) is 6.92 Å². The van der Waals surface area contributed by atoms with Gasteiger partial charge in [-0.05, 0) is 25.1 Å². The number of rotatable bonds is 3. The van der Waals surface area contributed by atoms with Crippen LogP contribution in [0.5, 0.6) is 5.75 Å². The molecule has 0 amide bonds. The molecule has 0 aliphatic carbocycles.